The molecule has 0 unspecified atom stereocenters. The molecule has 0 aromatic heterocycles. The molecule has 1 aromatic carbocycles. The summed E-state index contributed by atoms with van der Waals surface area (Å²) in [5, 5.41) is 0. The molecular weight excluding hydrogens is 243 g/mol. The van der Waals surface area contributed by atoms with E-state index in [1.165, 1.54) is 6.07 Å². The monoisotopic (exact) mass is 264 g/mol. The quantitative estimate of drug-likeness (QED) is 0.888. The normalized spacial score (nSPS) is 15.4. The maximum atomic E-state index is 13.7. The summed E-state index contributed by atoms with van der Waals surface area (Å²) >= 11 is 0. The van der Waals surface area contributed by atoms with Crippen molar-refractivity contribution in [3.8, 4) is 0 Å². The van der Waals surface area contributed by atoms with Crippen LogP contribution >= 0.6 is 0 Å². The smallest absolute Gasteiger partial charge is 0.224 e. The Bertz CT molecular complexity index is 463. The summed E-state index contributed by atoms with van der Waals surface area (Å²) in [4.78, 5) is 14.1. The SMILES string of the molecule is CC(C)(N)CC(=O)N(Cc1ccccc1F)C1CC1. The number of amides is 1. The van der Waals surface area contributed by atoms with Crippen LogP contribution in [0, 0.1) is 5.82 Å². The first-order chi connectivity index (χ1) is 8.87. The van der Waals surface area contributed by atoms with E-state index in [0.717, 1.165) is 12.8 Å². The van der Waals surface area contributed by atoms with Crippen LogP contribution in [0.4, 0.5) is 4.39 Å². The molecule has 1 amide bonds. The first kappa shape index (κ1) is 14.0. The summed E-state index contributed by atoms with van der Waals surface area (Å²) in [6.45, 7) is 4.00. The summed E-state index contributed by atoms with van der Waals surface area (Å²) in [5.74, 6) is -0.244. The highest BCUT2D eigenvalue weighted by Gasteiger charge is 2.34. The summed E-state index contributed by atoms with van der Waals surface area (Å²) in [6, 6.07) is 6.87. The molecule has 104 valence electrons. The van der Waals surface area contributed by atoms with Crippen LogP contribution in [-0.2, 0) is 11.3 Å². The maximum absolute atomic E-state index is 13.7. The van der Waals surface area contributed by atoms with E-state index >= 15 is 0 Å². The number of carbonyl (C=O) groups is 1. The molecule has 3 nitrogen and oxygen atoms in total. The zero-order valence-corrected chi connectivity index (χ0v) is 11.5. The van der Waals surface area contributed by atoms with E-state index in [4.69, 9.17) is 5.73 Å². The summed E-state index contributed by atoms with van der Waals surface area (Å²) in [7, 11) is 0. The Morgan fingerprint density at radius 2 is 2.05 bits per heavy atom. The number of carbonyl (C=O) groups excluding carboxylic acids is 1. The molecule has 0 bridgehead atoms. The van der Waals surface area contributed by atoms with Gasteiger partial charge in [-0.2, -0.15) is 0 Å². The van der Waals surface area contributed by atoms with Crippen molar-refractivity contribution in [3.05, 3.63) is 35.6 Å². The van der Waals surface area contributed by atoms with Crippen molar-refractivity contribution in [2.75, 3.05) is 0 Å². The predicted octanol–water partition coefficient (Wildman–Crippen LogP) is 2.44. The molecule has 1 fully saturated rings. The van der Waals surface area contributed by atoms with Crippen LogP contribution in [0.5, 0.6) is 0 Å². The topological polar surface area (TPSA) is 46.3 Å². The lowest BCUT2D eigenvalue weighted by atomic mass is 10.0. The summed E-state index contributed by atoms with van der Waals surface area (Å²) in [6.07, 6.45) is 2.30. The van der Waals surface area contributed by atoms with Crippen LogP contribution in [0.3, 0.4) is 0 Å². The summed E-state index contributed by atoms with van der Waals surface area (Å²) < 4.78 is 13.7. The van der Waals surface area contributed by atoms with Crippen LogP contribution in [0.2, 0.25) is 0 Å². The van der Waals surface area contributed by atoms with Gasteiger partial charge < -0.3 is 10.6 Å². The van der Waals surface area contributed by atoms with Crippen molar-refractivity contribution in [2.45, 2.75) is 51.2 Å². The van der Waals surface area contributed by atoms with Gasteiger partial charge in [0.15, 0.2) is 0 Å². The van der Waals surface area contributed by atoms with Gasteiger partial charge in [0, 0.05) is 30.1 Å². The van der Waals surface area contributed by atoms with Crippen LogP contribution in [-0.4, -0.2) is 22.4 Å². The van der Waals surface area contributed by atoms with Gasteiger partial charge in [-0.05, 0) is 32.8 Å². The van der Waals surface area contributed by atoms with Crippen molar-refractivity contribution in [2.24, 2.45) is 5.73 Å². The standard InChI is InChI=1S/C15H21FN2O/c1-15(2,17)9-14(19)18(12-7-8-12)10-11-5-3-4-6-13(11)16/h3-6,12H,7-10,17H2,1-2H3. The van der Waals surface area contributed by atoms with Crippen molar-refractivity contribution in [1.29, 1.82) is 0 Å². The largest absolute Gasteiger partial charge is 0.335 e. The minimum absolute atomic E-state index is 0.0123. The third kappa shape index (κ3) is 4.03. The van der Waals surface area contributed by atoms with Crippen molar-refractivity contribution < 1.29 is 9.18 Å². The van der Waals surface area contributed by atoms with E-state index in [1.54, 1.807) is 23.1 Å². The minimum atomic E-state index is -0.528. The Morgan fingerprint density at radius 1 is 1.42 bits per heavy atom. The summed E-state index contributed by atoms with van der Waals surface area (Å²) in [5.41, 5.74) is 5.94. The molecule has 4 heteroatoms. The molecule has 19 heavy (non-hydrogen) atoms. The molecule has 1 saturated carbocycles. The highest BCUT2D eigenvalue weighted by Crippen LogP contribution is 2.30. The first-order valence-corrected chi connectivity index (χ1v) is 6.68. The Morgan fingerprint density at radius 3 is 2.58 bits per heavy atom. The molecule has 1 aliphatic rings. The molecule has 0 aliphatic heterocycles. The van der Waals surface area contributed by atoms with Crippen LogP contribution < -0.4 is 5.73 Å². The third-order valence-electron chi connectivity index (χ3n) is 3.21. The van der Waals surface area contributed by atoms with Gasteiger partial charge in [0.25, 0.3) is 0 Å². The molecule has 0 heterocycles. The Labute approximate surface area is 113 Å². The van der Waals surface area contributed by atoms with Gasteiger partial charge in [-0.1, -0.05) is 18.2 Å². The average molecular weight is 264 g/mol. The molecule has 0 saturated heterocycles. The molecule has 1 aliphatic carbocycles. The minimum Gasteiger partial charge on any atom is -0.335 e. The first-order valence-electron chi connectivity index (χ1n) is 6.68. The van der Waals surface area contributed by atoms with Crippen LogP contribution in [0.25, 0.3) is 0 Å². The molecular formula is C15H21FN2O. The lowest BCUT2D eigenvalue weighted by molar-refractivity contribution is -0.133. The lowest BCUT2D eigenvalue weighted by Crippen LogP contribution is -2.42. The van der Waals surface area contributed by atoms with E-state index in [2.05, 4.69) is 0 Å². The number of benzene rings is 1. The Balaban J connectivity index is 2.09. The molecule has 1 aromatic rings. The highest BCUT2D eigenvalue weighted by atomic mass is 19.1. The second kappa shape index (κ2) is 5.29. The maximum Gasteiger partial charge on any atom is 0.224 e. The van der Waals surface area contributed by atoms with Gasteiger partial charge in [0.05, 0.1) is 0 Å². The fraction of sp³-hybridized carbons (Fsp3) is 0.533. The van der Waals surface area contributed by atoms with Gasteiger partial charge in [0.1, 0.15) is 5.82 Å². The number of rotatable bonds is 5. The van der Waals surface area contributed by atoms with Crippen molar-refractivity contribution in [3.63, 3.8) is 0 Å². The van der Waals surface area contributed by atoms with Gasteiger partial charge >= 0.3 is 0 Å². The average Bonchev–Trinajstić information content (AvgIpc) is 3.09. The molecule has 0 atom stereocenters. The van der Waals surface area contributed by atoms with Crippen molar-refractivity contribution >= 4 is 5.91 Å². The number of halogens is 1. The fourth-order valence-corrected chi connectivity index (χ4v) is 2.11. The fourth-order valence-electron chi connectivity index (χ4n) is 2.11. The van der Waals surface area contributed by atoms with Crippen LogP contribution in [0.1, 0.15) is 38.7 Å². The van der Waals surface area contributed by atoms with Gasteiger partial charge in [-0.3, -0.25) is 4.79 Å². The second-order valence-electron chi connectivity index (χ2n) is 6.01. The second-order valence-corrected chi connectivity index (χ2v) is 6.01. The number of nitrogens with two attached hydrogens (primary N) is 1. The van der Waals surface area contributed by atoms with Gasteiger partial charge in [-0.25, -0.2) is 4.39 Å². The van der Waals surface area contributed by atoms with E-state index in [1.807, 2.05) is 13.8 Å². The highest BCUT2D eigenvalue weighted by molar-refractivity contribution is 5.78. The molecule has 0 radical (unpaired) electrons. The Kier molecular flexibility index (Phi) is 3.90. The van der Waals surface area contributed by atoms with Crippen molar-refractivity contribution in [1.82, 2.24) is 4.90 Å². The number of hydrogen-bond acceptors (Lipinski definition) is 2. The van der Waals surface area contributed by atoms with E-state index in [9.17, 15) is 9.18 Å². The number of hydrogen-bond donors (Lipinski definition) is 1. The third-order valence-corrected chi connectivity index (χ3v) is 3.21. The zero-order chi connectivity index (χ0) is 14.0. The van der Waals surface area contributed by atoms with E-state index < -0.39 is 5.54 Å². The van der Waals surface area contributed by atoms with E-state index in [0.29, 0.717) is 12.1 Å². The number of nitrogens with zero attached hydrogens (tertiary/aromatic N) is 1. The molecule has 2 rings (SSSR count). The lowest BCUT2D eigenvalue weighted by Gasteiger charge is -2.27. The van der Waals surface area contributed by atoms with Gasteiger partial charge in [0.2, 0.25) is 5.91 Å². The predicted molar refractivity (Wildman–Crippen MR) is 72.9 cm³/mol. The Hall–Kier alpha value is -1.42. The molecule has 0 spiro atoms. The van der Waals surface area contributed by atoms with Crippen LogP contribution in [0.15, 0.2) is 24.3 Å². The van der Waals surface area contributed by atoms with Gasteiger partial charge in [-0.15, -0.1) is 0 Å². The zero-order valence-electron chi connectivity index (χ0n) is 11.5. The van der Waals surface area contributed by atoms with E-state index in [-0.39, 0.29) is 24.2 Å². The molecule has 2 N–H and O–H groups in total.